The van der Waals surface area contributed by atoms with Crippen LogP contribution in [0.25, 0.3) is 0 Å². The van der Waals surface area contributed by atoms with Gasteiger partial charge in [0, 0.05) is 38.6 Å². The maximum atomic E-state index is 14.1. The molecule has 0 bridgehead atoms. The number of rotatable bonds is 10. The van der Waals surface area contributed by atoms with Gasteiger partial charge in [-0.15, -0.1) is 0 Å². The summed E-state index contributed by atoms with van der Waals surface area (Å²) in [6.45, 7) is 2.92. The lowest BCUT2D eigenvalue weighted by Gasteiger charge is -2.29. The van der Waals surface area contributed by atoms with E-state index < -0.39 is 0 Å². The minimum Gasteiger partial charge on any atom is -0.377 e. The molecule has 2 amide bonds. The largest absolute Gasteiger partial charge is 0.377 e. The Morgan fingerprint density at radius 3 is 2.10 bits per heavy atom. The van der Waals surface area contributed by atoms with Gasteiger partial charge in [0.15, 0.2) is 0 Å². The summed E-state index contributed by atoms with van der Waals surface area (Å²) in [5.74, 6) is -0.458. The molecule has 0 aliphatic heterocycles. The average molecular weight is 540 g/mol. The van der Waals surface area contributed by atoms with E-state index in [0.29, 0.717) is 35.8 Å². The van der Waals surface area contributed by atoms with Crippen molar-refractivity contribution in [1.82, 2.24) is 4.90 Å². The number of amides is 2. The van der Waals surface area contributed by atoms with Crippen LogP contribution in [0.2, 0.25) is 5.02 Å². The quantitative estimate of drug-likeness (QED) is 0.229. The van der Waals surface area contributed by atoms with E-state index in [2.05, 4.69) is 5.32 Å². The van der Waals surface area contributed by atoms with E-state index >= 15 is 0 Å². The molecule has 4 rings (SSSR count). The SMILES string of the molecule is CCC(C(=O)N(Cc1ccccc1)Cc1cc(NC(=O)c2ccccc2Cl)ccc1N(C)C)c1ccccc1. The number of carbonyl (C=O) groups excluding carboxylic acids is 2. The number of halogens is 1. The van der Waals surface area contributed by atoms with Gasteiger partial charge in [0.2, 0.25) is 5.91 Å². The molecule has 39 heavy (non-hydrogen) atoms. The van der Waals surface area contributed by atoms with E-state index in [9.17, 15) is 9.59 Å². The molecule has 5 nitrogen and oxygen atoms in total. The van der Waals surface area contributed by atoms with Crippen molar-refractivity contribution in [3.05, 3.63) is 130 Å². The maximum Gasteiger partial charge on any atom is 0.257 e. The summed E-state index contributed by atoms with van der Waals surface area (Å²) in [5, 5.41) is 3.37. The highest BCUT2D eigenvalue weighted by Gasteiger charge is 2.26. The number of nitrogens with one attached hydrogen (secondary N) is 1. The summed E-state index contributed by atoms with van der Waals surface area (Å²) >= 11 is 6.25. The first-order valence-electron chi connectivity index (χ1n) is 13.1. The Bertz CT molecular complexity index is 1410. The van der Waals surface area contributed by atoms with Gasteiger partial charge in [-0.2, -0.15) is 0 Å². The van der Waals surface area contributed by atoms with Crippen LogP contribution < -0.4 is 10.2 Å². The van der Waals surface area contributed by atoms with Crippen LogP contribution in [-0.4, -0.2) is 30.8 Å². The molecule has 0 aromatic heterocycles. The Kier molecular flexibility index (Phi) is 9.40. The Morgan fingerprint density at radius 2 is 1.46 bits per heavy atom. The first-order valence-corrected chi connectivity index (χ1v) is 13.5. The Morgan fingerprint density at radius 1 is 0.821 bits per heavy atom. The fourth-order valence-electron chi connectivity index (χ4n) is 4.75. The highest BCUT2D eigenvalue weighted by molar-refractivity contribution is 6.34. The van der Waals surface area contributed by atoms with Crippen molar-refractivity contribution in [2.45, 2.75) is 32.4 Å². The number of anilines is 2. The molecule has 0 saturated heterocycles. The summed E-state index contributed by atoms with van der Waals surface area (Å²) in [5.41, 5.74) is 5.03. The molecule has 0 aliphatic rings. The number of carbonyl (C=O) groups is 2. The Hall–Kier alpha value is -4.09. The third-order valence-electron chi connectivity index (χ3n) is 6.74. The first-order chi connectivity index (χ1) is 18.9. The van der Waals surface area contributed by atoms with E-state index in [-0.39, 0.29) is 17.7 Å². The van der Waals surface area contributed by atoms with Crippen LogP contribution in [0.3, 0.4) is 0 Å². The molecule has 200 valence electrons. The van der Waals surface area contributed by atoms with Gasteiger partial charge in [0.1, 0.15) is 0 Å². The molecule has 0 radical (unpaired) electrons. The summed E-state index contributed by atoms with van der Waals surface area (Å²) in [4.78, 5) is 31.0. The van der Waals surface area contributed by atoms with Crippen molar-refractivity contribution >= 4 is 34.8 Å². The van der Waals surface area contributed by atoms with Crippen molar-refractivity contribution in [1.29, 1.82) is 0 Å². The Balaban J connectivity index is 1.68. The standard InChI is InChI=1S/C33H34ClN3O2/c1-4-28(25-15-9-6-10-16-25)33(39)37(22-24-13-7-5-8-14-24)23-26-21-27(19-20-31(26)36(2)3)35-32(38)29-17-11-12-18-30(29)34/h5-21,28H,4,22-23H2,1-3H3,(H,35,38). The van der Waals surface area contributed by atoms with Crippen LogP contribution in [0, 0.1) is 0 Å². The van der Waals surface area contributed by atoms with Crippen molar-refractivity contribution in [2.24, 2.45) is 0 Å². The zero-order valence-electron chi connectivity index (χ0n) is 22.6. The van der Waals surface area contributed by atoms with E-state index in [1.165, 1.54) is 0 Å². The van der Waals surface area contributed by atoms with Gasteiger partial charge >= 0.3 is 0 Å². The van der Waals surface area contributed by atoms with E-state index in [1.54, 1.807) is 24.3 Å². The van der Waals surface area contributed by atoms with Gasteiger partial charge in [-0.25, -0.2) is 0 Å². The van der Waals surface area contributed by atoms with Gasteiger partial charge < -0.3 is 15.1 Å². The fraction of sp³-hybridized carbons (Fsp3) is 0.212. The number of hydrogen-bond acceptors (Lipinski definition) is 3. The second-order valence-corrected chi connectivity index (χ2v) is 10.1. The second-order valence-electron chi connectivity index (χ2n) is 9.72. The molecule has 6 heteroatoms. The molecule has 1 unspecified atom stereocenters. The Labute approximate surface area is 236 Å². The highest BCUT2D eigenvalue weighted by Crippen LogP contribution is 2.29. The summed E-state index contributed by atoms with van der Waals surface area (Å²) in [6.07, 6.45) is 0.697. The lowest BCUT2D eigenvalue weighted by molar-refractivity contribution is -0.134. The summed E-state index contributed by atoms with van der Waals surface area (Å²) < 4.78 is 0. The van der Waals surface area contributed by atoms with Gasteiger partial charge in [-0.3, -0.25) is 9.59 Å². The van der Waals surface area contributed by atoms with Crippen LogP contribution in [0.4, 0.5) is 11.4 Å². The van der Waals surface area contributed by atoms with Gasteiger partial charge in [-0.1, -0.05) is 91.3 Å². The third kappa shape index (κ3) is 7.06. The molecule has 4 aromatic carbocycles. The predicted molar refractivity (Wildman–Crippen MR) is 160 cm³/mol. The molecule has 0 spiro atoms. The van der Waals surface area contributed by atoms with Crippen LogP contribution in [0.15, 0.2) is 103 Å². The lowest BCUT2D eigenvalue weighted by atomic mass is 9.94. The molecular weight excluding hydrogens is 506 g/mol. The third-order valence-corrected chi connectivity index (χ3v) is 7.06. The molecule has 0 fully saturated rings. The average Bonchev–Trinajstić information content (AvgIpc) is 2.94. The minimum absolute atomic E-state index is 0.0720. The van der Waals surface area contributed by atoms with Gasteiger partial charge in [0.05, 0.1) is 16.5 Å². The predicted octanol–water partition coefficient (Wildman–Crippen LogP) is 7.38. The van der Waals surface area contributed by atoms with Crippen LogP contribution in [0.5, 0.6) is 0 Å². The van der Waals surface area contributed by atoms with Crippen LogP contribution in [-0.2, 0) is 17.9 Å². The molecule has 1 atom stereocenters. The molecule has 4 aromatic rings. The van der Waals surface area contributed by atoms with Gasteiger partial charge in [-0.05, 0) is 53.4 Å². The minimum atomic E-state index is -0.281. The number of nitrogens with zero attached hydrogens (tertiary/aromatic N) is 2. The fourth-order valence-corrected chi connectivity index (χ4v) is 4.97. The summed E-state index contributed by atoms with van der Waals surface area (Å²) in [7, 11) is 3.95. The second kappa shape index (κ2) is 13.1. The van der Waals surface area contributed by atoms with E-state index in [1.807, 2.05) is 110 Å². The monoisotopic (exact) mass is 539 g/mol. The normalized spacial score (nSPS) is 11.5. The van der Waals surface area contributed by atoms with Crippen molar-refractivity contribution in [3.63, 3.8) is 0 Å². The first kappa shape index (κ1) is 27.9. The van der Waals surface area contributed by atoms with E-state index in [4.69, 9.17) is 11.6 Å². The molecular formula is C33H34ClN3O2. The topological polar surface area (TPSA) is 52.7 Å². The maximum absolute atomic E-state index is 14.1. The molecule has 0 heterocycles. The zero-order chi connectivity index (χ0) is 27.8. The van der Waals surface area contributed by atoms with Crippen molar-refractivity contribution < 1.29 is 9.59 Å². The van der Waals surface area contributed by atoms with Crippen LogP contribution in [0.1, 0.15) is 46.3 Å². The smallest absolute Gasteiger partial charge is 0.257 e. The lowest BCUT2D eigenvalue weighted by Crippen LogP contribution is -2.34. The van der Waals surface area contributed by atoms with Crippen molar-refractivity contribution in [3.8, 4) is 0 Å². The molecule has 1 N–H and O–H groups in total. The van der Waals surface area contributed by atoms with Gasteiger partial charge in [0.25, 0.3) is 5.91 Å². The van der Waals surface area contributed by atoms with Crippen molar-refractivity contribution in [2.75, 3.05) is 24.3 Å². The van der Waals surface area contributed by atoms with E-state index in [0.717, 1.165) is 22.4 Å². The molecule has 0 saturated carbocycles. The summed E-state index contributed by atoms with van der Waals surface area (Å²) in [6, 6.07) is 32.7. The highest BCUT2D eigenvalue weighted by atomic mass is 35.5. The number of benzene rings is 4. The number of hydrogen-bond donors (Lipinski definition) is 1. The zero-order valence-corrected chi connectivity index (χ0v) is 23.4. The van der Waals surface area contributed by atoms with Crippen LogP contribution >= 0.6 is 11.6 Å². The molecule has 0 aliphatic carbocycles.